The first-order valence-electron chi connectivity index (χ1n) is 10.7. The van der Waals surface area contributed by atoms with Gasteiger partial charge < -0.3 is 15.4 Å². The predicted molar refractivity (Wildman–Crippen MR) is 126 cm³/mol. The van der Waals surface area contributed by atoms with E-state index in [1.165, 1.54) is 7.11 Å². The lowest BCUT2D eigenvalue weighted by molar-refractivity contribution is -0.142. The topological polar surface area (TPSA) is 97.6 Å². The molecule has 4 rings (SSSR count). The van der Waals surface area contributed by atoms with Crippen LogP contribution in [0.25, 0.3) is 5.65 Å². The molecule has 8 heteroatoms. The van der Waals surface area contributed by atoms with Crippen LogP contribution in [0.15, 0.2) is 72.9 Å². The van der Waals surface area contributed by atoms with Crippen molar-refractivity contribution < 1.29 is 14.3 Å². The number of carbonyl (C=O) groups excluding carboxylic acids is 2. The van der Waals surface area contributed by atoms with Gasteiger partial charge in [-0.2, -0.15) is 9.61 Å². The van der Waals surface area contributed by atoms with Gasteiger partial charge in [0.15, 0.2) is 5.65 Å². The van der Waals surface area contributed by atoms with Crippen LogP contribution in [0.4, 0.5) is 11.5 Å². The smallest absolute Gasteiger partial charge is 0.328 e. The zero-order chi connectivity index (χ0) is 23.2. The SMILES string of the molecule is CCc1cc(Nc2ccc(C(=O)N[C@@H](Cc3ccccc3)C(=O)OC)cc2)n2nccc2n1. The summed E-state index contributed by atoms with van der Waals surface area (Å²) in [6.45, 7) is 2.05. The second-order valence-corrected chi connectivity index (χ2v) is 7.53. The first-order chi connectivity index (χ1) is 16.1. The van der Waals surface area contributed by atoms with E-state index < -0.39 is 12.0 Å². The lowest BCUT2D eigenvalue weighted by Crippen LogP contribution is -2.43. The number of anilines is 2. The van der Waals surface area contributed by atoms with Crippen LogP contribution < -0.4 is 10.6 Å². The fraction of sp³-hybridized carbons (Fsp3) is 0.200. The van der Waals surface area contributed by atoms with Crippen LogP contribution in [0.3, 0.4) is 0 Å². The summed E-state index contributed by atoms with van der Waals surface area (Å²) in [5.41, 5.74) is 3.89. The van der Waals surface area contributed by atoms with E-state index in [9.17, 15) is 9.59 Å². The Morgan fingerprint density at radius 1 is 1.06 bits per heavy atom. The number of aryl methyl sites for hydroxylation is 1. The maximum absolute atomic E-state index is 12.8. The molecular formula is C25H25N5O3. The van der Waals surface area contributed by atoms with Gasteiger partial charge in [0.2, 0.25) is 0 Å². The number of carbonyl (C=O) groups is 2. The minimum Gasteiger partial charge on any atom is -0.467 e. The number of nitrogens with zero attached hydrogens (tertiary/aromatic N) is 3. The van der Waals surface area contributed by atoms with E-state index in [1.807, 2.05) is 49.4 Å². The standard InChI is InChI=1S/C25H25N5O3/c1-3-19-16-23(30-22(27-19)13-14-26-30)28-20-11-9-18(10-12-20)24(31)29-21(25(32)33-2)15-17-7-5-4-6-8-17/h4-14,16,21,28H,3,15H2,1-2H3,(H,29,31)/t21-/m0/s1. The molecule has 33 heavy (non-hydrogen) atoms. The lowest BCUT2D eigenvalue weighted by Gasteiger charge is -2.17. The average Bonchev–Trinajstić information content (AvgIpc) is 3.33. The highest BCUT2D eigenvalue weighted by Crippen LogP contribution is 2.19. The Balaban J connectivity index is 1.47. The molecule has 2 N–H and O–H groups in total. The Hall–Kier alpha value is -4.20. The summed E-state index contributed by atoms with van der Waals surface area (Å²) in [6.07, 6.45) is 2.86. The highest BCUT2D eigenvalue weighted by molar-refractivity contribution is 5.97. The van der Waals surface area contributed by atoms with Gasteiger partial charge in [0.1, 0.15) is 11.9 Å². The molecule has 1 amide bonds. The number of ether oxygens (including phenoxy) is 1. The van der Waals surface area contributed by atoms with Crippen molar-refractivity contribution in [3.63, 3.8) is 0 Å². The zero-order valence-electron chi connectivity index (χ0n) is 18.5. The van der Waals surface area contributed by atoms with Crippen molar-refractivity contribution in [1.29, 1.82) is 0 Å². The molecule has 0 aliphatic rings. The Morgan fingerprint density at radius 3 is 2.52 bits per heavy atom. The molecule has 0 saturated carbocycles. The Morgan fingerprint density at radius 2 is 1.82 bits per heavy atom. The highest BCUT2D eigenvalue weighted by Gasteiger charge is 2.22. The maximum Gasteiger partial charge on any atom is 0.328 e. The van der Waals surface area contributed by atoms with Gasteiger partial charge in [-0.3, -0.25) is 4.79 Å². The van der Waals surface area contributed by atoms with E-state index in [-0.39, 0.29) is 5.91 Å². The number of esters is 1. The van der Waals surface area contributed by atoms with Crippen molar-refractivity contribution in [2.75, 3.05) is 12.4 Å². The molecule has 0 radical (unpaired) electrons. The Bertz CT molecular complexity index is 1250. The number of benzene rings is 2. The van der Waals surface area contributed by atoms with E-state index in [2.05, 4.69) is 20.7 Å². The van der Waals surface area contributed by atoms with E-state index in [0.717, 1.165) is 34.8 Å². The Kier molecular flexibility index (Phi) is 6.64. The summed E-state index contributed by atoms with van der Waals surface area (Å²) in [5, 5.41) is 10.4. The lowest BCUT2D eigenvalue weighted by atomic mass is 10.1. The number of fused-ring (bicyclic) bond motifs is 1. The molecule has 2 heterocycles. The number of hydrogen-bond donors (Lipinski definition) is 2. The third kappa shape index (κ3) is 5.17. The van der Waals surface area contributed by atoms with Crippen molar-refractivity contribution in [2.24, 2.45) is 0 Å². The van der Waals surface area contributed by atoms with Gasteiger partial charge in [0, 0.05) is 35.5 Å². The fourth-order valence-electron chi connectivity index (χ4n) is 3.51. The van der Waals surface area contributed by atoms with Gasteiger partial charge >= 0.3 is 5.97 Å². The van der Waals surface area contributed by atoms with Gasteiger partial charge in [-0.25, -0.2) is 9.78 Å². The van der Waals surface area contributed by atoms with Crippen LogP contribution in [0, 0.1) is 0 Å². The third-order valence-corrected chi connectivity index (χ3v) is 5.27. The van der Waals surface area contributed by atoms with E-state index in [1.54, 1.807) is 35.0 Å². The van der Waals surface area contributed by atoms with Crippen LogP contribution in [0.2, 0.25) is 0 Å². The minimum atomic E-state index is -0.778. The normalized spacial score (nSPS) is 11.7. The second kappa shape index (κ2) is 9.95. The number of nitrogens with one attached hydrogen (secondary N) is 2. The van der Waals surface area contributed by atoms with E-state index >= 15 is 0 Å². The van der Waals surface area contributed by atoms with Crippen LogP contribution in [0.1, 0.15) is 28.5 Å². The summed E-state index contributed by atoms with van der Waals surface area (Å²) >= 11 is 0. The fourth-order valence-corrected chi connectivity index (χ4v) is 3.51. The summed E-state index contributed by atoms with van der Waals surface area (Å²) in [5.74, 6) is -0.0506. The highest BCUT2D eigenvalue weighted by atomic mass is 16.5. The number of amides is 1. The van der Waals surface area contributed by atoms with Crippen LogP contribution >= 0.6 is 0 Å². The molecule has 0 spiro atoms. The molecule has 0 unspecified atom stereocenters. The van der Waals surface area contributed by atoms with Gasteiger partial charge in [0.25, 0.3) is 5.91 Å². The molecular weight excluding hydrogens is 418 g/mol. The molecule has 0 bridgehead atoms. The minimum absolute atomic E-state index is 0.348. The summed E-state index contributed by atoms with van der Waals surface area (Å²) < 4.78 is 6.60. The third-order valence-electron chi connectivity index (χ3n) is 5.27. The van der Waals surface area contributed by atoms with Crippen molar-refractivity contribution >= 4 is 29.0 Å². The van der Waals surface area contributed by atoms with Crippen molar-refractivity contribution in [1.82, 2.24) is 19.9 Å². The molecule has 0 aliphatic heterocycles. The van der Waals surface area contributed by atoms with Gasteiger partial charge in [-0.15, -0.1) is 0 Å². The number of rotatable bonds is 8. The van der Waals surface area contributed by atoms with E-state index in [0.29, 0.717) is 12.0 Å². The van der Waals surface area contributed by atoms with Crippen LogP contribution in [0.5, 0.6) is 0 Å². The summed E-state index contributed by atoms with van der Waals surface area (Å²) in [4.78, 5) is 29.6. The molecule has 168 valence electrons. The number of hydrogen-bond acceptors (Lipinski definition) is 6. The largest absolute Gasteiger partial charge is 0.467 e. The van der Waals surface area contributed by atoms with Gasteiger partial charge in [-0.05, 0) is 36.2 Å². The molecule has 0 aliphatic carbocycles. The second-order valence-electron chi connectivity index (χ2n) is 7.53. The van der Waals surface area contributed by atoms with Crippen molar-refractivity contribution in [3.8, 4) is 0 Å². The molecule has 0 saturated heterocycles. The average molecular weight is 444 g/mol. The summed E-state index contributed by atoms with van der Waals surface area (Å²) in [7, 11) is 1.31. The van der Waals surface area contributed by atoms with Crippen molar-refractivity contribution in [2.45, 2.75) is 25.8 Å². The first-order valence-corrected chi connectivity index (χ1v) is 10.7. The van der Waals surface area contributed by atoms with E-state index in [4.69, 9.17) is 4.74 Å². The number of aromatic nitrogens is 3. The van der Waals surface area contributed by atoms with Crippen LogP contribution in [-0.2, 0) is 22.4 Å². The molecule has 4 aromatic rings. The molecule has 1 atom stereocenters. The van der Waals surface area contributed by atoms with Gasteiger partial charge in [0.05, 0.1) is 13.3 Å². The van der Waals surface area contributed by atoms with Crippen LogP contribution in [-0.4, -0.2) is 39.6 Å². The van der Waals surface area contributed by atoms with Crippen molar-refractivity contribution in [3.05, 3.63) is 89.7 Å². The molecule has 2 aromatic carbocycles. The summed E-state index contributed by atoms with van der Waals surface area (Å²) in [6, 6.07) is 19.5. The molecule has 0 fully saturated rings. The monoisotopic (exact) mass is 443 g/mol. The quantitative estimate of drug-likeness (QED) is 0.404. The predicted octanol–water partition coefficient (Wildman–Crippen LogP) is 3.55. The van der Waals surface area contributed by atoms with Gasteiger partial charge in [-0.1, -0.05) is 37.3 Å². The molecule has 2 aromatic heterocycles. The number of methoxy groups -OCH3 is 1. The maximum atomic E-state index is 12.8. The first kappa shape index (κ1) is 22.0. The molecule has 8 nitrogen and oxygen atoms in total. The Labute approximate surface area is 191 Å². The zero-order valence-corrected chi connectivity index (χ0v) is 18.5.